The monoisotopic (exact) mass is 456 g/mol. The van der Waals surface area contributed by atoms with Crippen LogP contribution in [0.2, 0.25) is 0 Å². The maximum atomic E-state index is 12.4. The molecule has 0 unspecified atom stereocenters. The van der Waals surface area contributed by atoms with Gasteiger partial charge in [0, 0.05) is 17.7 Å². The molecule has 0 fully saturated rings. The number of nitrogens with one attached hydrogen (secondary N) is 2. The Morgan fingerprint density at radius 3 is 2.59 bits per heavy atom. The van der Waals surface area contributed by atoms with E-state index in [0.717, 1.165) is 12.0 Å². The predicted molar refractivity (Wildman–Crippen MR) is 118 cm³/mol. The van der Waals surface area contributed by atoms with Crippen molar-refractivity contribution in [2.24, 2.45) is 0 Å². The normalized spacial score (nSPS) is 14.4. The molecule has 2 aromatic carbocycles. The van der Waals surface area contributed by atoms with Crippen molar-refractivity contribution in [2.45, 2.75) is 37.3 Å². The first-order valence-corrected chi connectivity index (χ1v) is 11.6. The van der Waals surface area contributed by atoms with E-state index in [1.807, 2.05) is 26.0 Å². The van der Waals surface area contributed by atoms with E-state index in [-0.39, 0.29) is 29.6 Å². The van der Waals surface area contributed by atoms with Crippen molar-refractivity contribution in [1.29, 1.82) is 0 Å². The molecule has 0 radical (unpaired) electrons. The lowest BCUT2D eigenvalue weighted by Gasteiger charge is -2.18. The minimum atomic E-state index is -3.70. The van der Waals surface area contributed by atoms with Gasteiger partial charge in [-0.05, 0) is 56.3 Å². The molecular weight excluding hydrogens is 432 g/mol. The van der Waals surface area contributed by atoms with E-state index >= 15 is 0 Å². The van der Waals surface area contributed by atoms with Gasteiger partial charge in [0.05, 0.1) is 17.7 Å². The highest BCUT2D eigenvalue weighted by molar-refractivity contribution is 7.89. The average molecular weight is 457 g/mol. The number of anilines is 1. The molecule has 0 bridgehead atoms. The Labute approximate surface area is 186 Å². The van der Waals surface area contributed by atoms with Crippen molar-refractivity contribution in [2.75, 3.05) is 11.9 Å². The number of rotatable bonds is 8. The zero-order valence-electron chi connectivity index (χ0n) is 17.8. The van der Waals surface area contributed by atoms with Crippen molar-refractivity contribution in [3.8, 4) is 11.5 Å². The lowest BCUT2D eigenvalue weighted by Crippen LogP contribution is -2.25. The lowest BCUT2D eigenvalue weighted by molar-refractivity contribution is -0.118. The van der Waals surface area contributed by atoms with Crippen LogP contribution in [0, 0.1) is 0 Å². The lowest BCUT2D eigenvalue weighted by atomic mass is 10.0. The second-order valence-electron chi connectivity index (χ2n) is 8.05. The second-order valence-corrected chi connectivity index (χ2v) is 9.82. The zero-order chi connectivity index (χ0) is 22.8. The molecular formula is C23H24N2O6S. The minimum Gasteiger partial charge on any atom is -0.483 e. The zero-order valence-corrected chi connectivity index (χ0v) is 18.6. The van der Waals surface area contributed by atoms with Crippen LogP contribution in [-0.2, 0) is 27.8 Å². The summed E-state index contributed by atoms with van der Waals surface area (Å²) in [6, 6.07) is 14.9. The molecule has 0 atom stereocenters. The van der Waals surface area contributed by atoms with Crippen molar-refractivity contribution in [3.05, 3.63) is 72.2 Å². The third-order valence-corrected chi connectivity index (χ3v) is 6.30. The molecule has 0 spiro atoms. The molecule has 2 heterocycles. The number of ether oxygens (including phenoxy) is 2. The highest BCUT2D eigenvalue weighted by atomic mass is 32.2. The van der Waals surface area contributed by atoms with Gasteiger partial charge < -0.3 is 19.2 Å². The summed E-state index contributed by atoms with van der Waals surface area (Å²) >= 11 is 0. The summed E-state index contributed by atoms with van der Waals surface area (Å²) in [6.45, 7) is 3.85. The summed E-state index contributed by atoms with van der Waals surface area (Å²) < 4.78 is 44.0. The van der Waals surface area contributed by atoms with Gasteiger partial charge in [-0.1, -0.05) is 12.1 Å². The quantitative estimate of drug-likeness (QED) is 0.537. The number of hydrogen-bond acceptors (Lipinski definition) is 6. The molecule has 0 saturated heterocycles. The molecule has 1 aliphatic rings. The van der Waals surface area contributed by atoms with Gasteiger partial charge in [0.2, 0.25) is 10.0 Å². The van der Waals surface area contributed by atoms with Gasteiger partial charge in [-0.25, -0.2) is 13.1 Å². The summed E-state index contributed by atoms with van der Waals surface area (Å²) in [4.78, 5) is 12.4. The fourth-order valence-corrected chi connectivity index (χ4v) is 4.41. The van der Waals surface area contributed by atoms with Crippen LogP contribution in [0.1, 0.15) is 25.2 Å². The number of furan rings is 1. The highest BCUT2D eigenvalue weighted by Crippen LogP contribution is 2.41. The summed E-state index contributed by atoms with van der Waals surface area (Å²) in [6.07, 6.45) is 2.25. The second kappa shape index (κ2) is 8.68. The first kappa shape index (κ1) is 21.9. The molecule has 1 aliphatic heterocycles. The smallest absolute Gasteiger partial charge is 0.262 e. The van der Waals surface area contributed by atoms with Crippen LogP contribution < -0.4 is 19.5 Å². The van der Waals surface area contributed by atoms with E-state index in [1.165, 1.54) is 30.5 Å². The maximum absolute atomic E-state index is 12.4. The summed E-state index contributed by atoms with van der Waals surface area (Å²) in [5, 5.41) is 2.69. The molecule has 0 saturated carbocycles. The van der Waals surface area contributed by atoms with E-state index in [1.54, 1.807) is 18.2 Å². The van der Waals surface area contributed by atoms with Gasteiger partial charge in [-0.15, -0.1) is 0 Å². The Balaban J connectivity index is 1.32. The Bertz CT molecular complexity index is 1200. The van der Waals surface area contributed by atoms with E-state index in [2.05, 4.69) is 10.0 Å². The number of carbonyl (C=O) groups excluding carboxylic acids is 1. The number of para-hydroxylation sites is 1. The first-order valence-electron chi connectivity index (χ1n) is 10.1. The topological polar surface area (TPSA) is 107 Å². The summed E-state index contributed by atoms with van der Waals surface area (Å²) in [5.41, 5.74) is 1.20. The van der Waals surface area contributed by atoms with Crippen LogP contribution >= 0.6 is 0 Å². The van der Waals surface area contributed by atoms with Crippen molar-refractivity contribution >= 4 is 21.6 Å². The van der Waals surface area contributed by atoms with Crippen LogP contribution in [-0.4, -0.2) is 26.5 Å². The molecule has 3 aromatic rings. The SMILES string of the molecule is CC1(C)Cc2cccc(OCC(=O)Nc3ccc(S(=O)(=O)NCc4ccco4)cc3)c2O1. The van der Waals surface area contributed by atoms with Crippen molar-refractivity contribution < 1.29 is 27.1 Å². The average Bonchev–Trinajstić information content (AvgIpc) is 3.37. The fourth-order valence-electron chi connectivity index (χ4n) is 3.42. The van der Waals surface area contributed by atoms with Gasteiger partial charge in [0.15, 0.2) is 18.1 Å². The largest absolute Gasteiger partial charge is 0.483 e. The third-order valence-electron chi connectivity index (χ3n) is 4.88. The van der Waals surface area contributed by atoms with E-state index in [9.17, 15) is 13.2 Å². The van der Waals surface area contributed by atoms with Crippen molar-refractivity contribution in [1.82, 2.24) is 4.72 Å². The summed E-state index contributed by atoms with van der Waals surface area (Å²) in [7, 11) is -3.70. The van der Waals surface area contributed by atoms with Gasteiger partial charge >= 0.3 is 0 Å². The molecule has 1 amide bonds. The predicted octanol–water partition coefficient (Wildman–Crippen LogP) is 3.49. The number of carbonyl (C=O) groups is 1. The van der Waals surface area contributed by atoms with Gasteiger partial charge in [-0.2, -0.15) is 0 Å². The maximum Gasteiger partial charge on any atom is 0.262 e. The van der Waals surface area contributed by atoms with Crippen LogP contribution in [0.3, 0.4) is 0 Å². The van der Waals surface area contributed by atoms with Crippen LogP contribution in [0.15, 0.2) is 70.2 Å². The molecule has 0 aliphatic carbocycles. The molecule has 168 valence electrons. The number of fused-ring (bicyclic) bond motifs is 1. The Morgan fingerprint density at radius 2 is 1.88 bits per heavy atom. The Morgan fingerprint density at radius 1 is 1.09 bits per heavy atom. The fraction of sp³-hybridized carbons (Fsp3) is 0.261. The van der Waals surface area contributed by atoms with E-state index < -0.39 is 10.0 Å². The molecule has 8 nitrogen and oxygen atoms in total. The highest BCUT2D eigenvalue weighted by Gasteiger charge is 2.32. The number of benzene rings is 2. The molecule has 32 heavy (non-hydrogen) atoms. The van der Waals surface area contributed by atoms with E-state index in [4.69, 9.17) is 13.9 Å². The Hall–Kier alpha value is -3.30. The van der Waals surface area contributed by atoms with Gasteiger partial charge in [0.25, 0.3) is 5.91 Å². The van der Waals surface area contributed by atoms with Crippen LogP contribution in [0.25, 0.3) is 0 Å². The molecule has 4 rings (SSSR count). The standard InChI is InChI=1S/C23H24N2O6S/c1-23(2)13-16-5-3-7-20(22(16)31-23)30-15-21(26)25-17-8-10-19(11-9-17)32(27,28)24-14-18-6-4-12-29-18/h3-12,24H,13-15H2,1-2H3,(H,25,26). The minimum absolute atomic E-state index is 0.0508. The summed E-state index contributed by atoms with van der Waals surface area (Å²) in [5.74, 6) is 1.33. The molecule has 9 heteroatoms. The first-order chi connectivity index (χ1) is 15.2. The Kier molecular flexibility index (Phi) is 5.94. The molecule has 2 N–H and O–H groups in total. The third kappa shape index (κ3) is 5.12. The van der Waals surface area contributed by atoms with Crippen molar-refractivity contribution in [3.63, 3.8) is 0 Å². The van der Waals surface area contributed by atoms with Gasteiger partial charge in [0.1, 0.15) is 11.4 Å². The number of amides is 1. The van der Waals surface area contributed by atoms with Crippen LogP contribution in [0.5, 0.6) is 11.5 Å². The van der Waals surface area contributed by atoms with Gasteiger partial charge in [-0.3, -0.25) is 4.79 Å². The number of sulfonamides is 1. The molecule has 1 aromatic heterocycles. The van der Waals surface area contributed by atoms with E-state index in [0.29, 0.717) is 22.9 Å². The van der Waals surface area contributed by atoms with Crippen LogP contribution in [0.4, 0.5) is 5.69 Å². The number of hydrogen-bond donors (Lipinski definition) is 2.